The van der Waals surface area contributed by atoms with E-state index in [0.29, 0.717) is 37.4 Å². The Morgan fingerprint density at radius 1 is 0.885 bits per heavy atom. The van der Waals surface area contributed by atoms with E-state index in [-0.39, 0.29) is 6.10 Å². The molecule has 0 atom stereocenters. The SMILES string of the molecule is NC(=O)OC1CCN(C(=O)Oc2ccc(Oc3ccccc3)cc2)CC1. The van der Waals surface area contributed by atoms with E-state index in [2.05, 4.69) is 0 Å². The number of benzene rings is 2. The van der Waals surface area contributed by atoms with Crippen molar-refractivity contribution in [3.63, 3.8) is 0 Å². The molecule has 1 aliphatic rings. The summed E-state index contributed by atoms with van der Waals surface area (Å²) in [5.74, 6) is 1.82. The third kappa shape index (κ3) is 4.89. The summed E-state index contributed by atoms with van der Waals surface area (Å²) in [6, 6.07) is 16.3. The molecular weight excluding hydrogens is 336 g/mol. The van der Waals surface area contributed by atoms with Gasteiger partial charge in [0, 0.05) is 25.9 Å². The number of hydrogen-bond donors (Lipinski definition) is 1. The molecule has 2 amide bonds. The average molecular weight is 356 g/mol. The number of hydrogen-bond acceptors (Lipinski definition) is 5. The van der Waals surface area contributed by atoms with Gasteiger partial charge in [0.1, 0.15) is 23.4 Å². The molecule has 136 valence electrons. The molecule has 2 aromatic rings. The molecule has 0 spiro atoms. The van der Waals surface area contributed by atoms with E-state index in [4.69, 9.17) is 19.9 Å². The molecular formula is C19H20N2O5. The van der Waals surface area contributed by atoms with Gasteiger partial charge in [-0.25, -0.2) is 9.59 Å². The van der Waals surface area contributed by atoms with Crippen LogP contribution in [0.2, 0.25) is 0 Å². The molecule has 0 unspecified atom stereocenters. The molecule has 0 radical (unpaired) electrons. The standard InChI is InChI=1S/C19H20N2O5/c20-18(22)25-17-10-12-21(13-11-17)19(23)26-16-8-6-15(7-9-16)24-14-4-2-1-3-5-14/h1-9,17H,10-13H2,(H2,20,22). The van der Waals surface area contributed by atoms with E-state index in [1.807, 2.05) is 30.3 Å². The predicted octanol–water partition coefficient (Wildman–Crippen LogP) is 3.54. The van der Waals surface area contributed by atoms with Crippen molar-refractivity contribution in [2.75, 3.05) is 13.1 Å². The quantitative estimate of drug-likeness (QED) is 0.905. The van der Waals surface area contributed by atoms with Crippen LogP contribution in [-0.2, 0) is 4.74 Å². The lowest BCUT2D eigenvalue weighted by Crippen LogP contribution is -2.43. The van der Waals surface area contributed by atoms with E-state index in [1.165, 1.54) is 0 Å². The van der Waals surface area contributed by atoms with Crippen LogP contribution in [0.25, 0.3) is 0 Å². The van der Waals surface area contributed by atoms with Crippen molar-refractivity contribution in [1.82, 2.24) is 4.90 Å². The van der Waals surface area contributed by atoms with Gasteiger partial charge < -0.3 is 24.8 Å². The van der Waals surface area contributed by atoms with Gasteiger partial charge in [-0.2, -0.15) is 0 Å². The Morgan fingerprint density at radius 3 is 2.08 bits per heavy atom. The second-order valence-corrected chi connectivity index (χ2v) is 5.88. The molecule has 0 bridgehead atoms. The number of carbonyl (C=O) groups excluding carboxylic acids is 2. The highest BCUT2D eigenvalue weighted by Gasteiger charge is 2.25. The van der Waals surface area contributed by atoms with Crippen LogP contribution in [0.4, 0.5) is 9.59 Å². The number of carbonyl (C=O) groups is 2. The summed E-state index contributed by atoms with van der Waals surface area (Å²) in [6.45, 7) is 0.901. The topological polar surface area (TPSA) is 91.1 Å². The van der Waals surface area contributed by atoms with Gasteiger partial charge in [0.15, 0.2) is 0 Å². The second kappa shape index (κ2) is 8.24. The minimum atomic E-state index is -0.788. The fourth-order valence-electron chi connectivity index (χ4n) is 2.69. The Balaban J connectivity index is 1.49. The van der Waals surface area contributed by atoms with Crippen LogP contribution in [0.5, 0.6) is 17.2 Å². The highest BCUT2D eigenvalue weighted by Crippen LogP contribution is 2.24. The first-order chi connectivity index (χ1) is 12.6. The Labute approximate surface area is 151 Å². The van der Waals surface area contributed by atoms with Crippen molar-refractivity contribution in [2.24, 2.45) is 5.73 Å². The van der Waals surface area contributed by atoms with Crippen molar-refractivity contribution in [1.29, 1.82) is 0 Å². The number of nitrogens with zero attached hydrogens (tertiary/aromatic N) is 1. The van der Waals surface area contributed by atoms with E-state index < -0.39 is 12.2 Å². The first-order valence-corrected chi connectivity index (χ1v) is 8.36. The third-order valence-corrected chi connectivity index (χ3v) is 3.99. The minimum absolute atomic E-state index is 0.244. The number of amides is 2. The van der Waals surface area contributed by atoms with Crippen LogP contribution in [-0.4, -0.2) is 36.3 Å². The zero-order valence-corrected chi connectivity index (χ0v) is 14.2. The van der Waals surface area contributed by atoms with Crippen molar-refractivity contribution in [3.05, 3.63) is 54.6 Å². The Bertz CT molecular complexity index is 740. The van der Waals surface area contributed by atoms with Gasteiger partial charge in [-0.15, -0.1) is 0 Å². The average Bonchev–Trinajstić information content (AvgIpc) is 2.64. The maximum Gasteiger partial charge on any atom is 0.415 e. The lowest BCUT2D eigenvalue weighted by atomic mass is 10.1. The summed E-state index contributed by atoms with van der Waals surface area (Å²) in [5, 5.41) is 0. The van der Waals surface area contributed by atoms with Gasteiger partial charge in [-0.1, -0.05) is 18.2 Å². The Morgan fingerprint density at radius 2 is 1.46 bits per heavy atom. The van der Waals surface area contributed by atoms with Crippen molar-refractivity contribution in [2.45, 2.75) is 18.9 Å². The smallest absolute Gasteiger partial charge is 0.415 e. The van der Waals surface area contributed by atoms with Gasteiger partial charge in [0.05, 0.1) is 0 Å². The van der Waals surface area contributed by atoms with Crippen molar-refractivity contribution < 1.29 is 23.8 Å². The molecule has 1 fully saturated rings. The molecule has 1 heterocycles. The summed E-state index contributed by atoms with van der Waals surface area (Å²) in [6.07, 6.45) is -0.377. The Hall–Kier alpha value is -3.22. The molecule has 1 aliphatic heterocycles. The van der Waals surface area contributed by atoms with Crippen LogP contribution in [0.3, 0.4) is 0 Å². The molecule has 26 heavy (non-hydrogen) atoms. The second-order valence-electron chi connectivity index (χ2n) is 5.88. The molecule has 1 saturated heterocycles. The molecule has 0 saturated carbocycles. The van der Waals surface area contributed by atoms with Gasteiger partial charge in [0.25, 0.3) is 0 Å². The summed E-state index contributed by atoms with van der Waals surface area (Å²) in [4.78, 5) is 24.5. The summed E-state index contributed by atoms with van der Waals surface area (Å²) in [7, 11) is 0. The van der Waals surface area contributed by atoms with E-state index in [9.17, 15) is 9.59 Å². The molecule has 0 aliphatic carbocycles. The monoisotopic (exact) mass is 356 g/mol. The highest BCUT2D eigenvalue weighted by atomic mass is 16.6. The largest absolute Gasteiger partial charge is 0.457 e. The normalized spacial score (nSPS) is 14.5. The molecule has 2 N–H and O–H groups in total. The van der Waals surface area contributed by atoms with Gasteiger partial charge in [-0.3, -0.25) is 0 Å². The molecule has 0 aromatic heterocycles. The first kappa shape index (κ1) is 17.6. The summed E-state index contributed by atoms with van der Waals surface area (Å²) < 4.78 is 16.0. The number of likely N-dealkylation sites (tertiary alicyclic amines) is 1. The molecule has 3 rings (SSSR count). The number of primary amides is 1. The van der Waals surface area contributed by atoms with Gasteiger partial charge >= 0.3 is 12.2 Å². The lowest BCUT2D eigenvalue weighted by Gasteiger charge is -2.30. The van der Waals surface area contributed by atoms with Crippen LogP contribution in [0.15, 0.2) is 54.6 Å². The molecule has 2 aromatic carbocycles. The lowest BCUT2D eigenvalue weighted by molar-refractivity contribution is 0.0576. The van der Waals surface area contributed by atoms with Crippen molar-refractivity contribution in [3.8, 4) is 17.2 Å². The Kier molecular flexibility index (Phi) is 5.58. The first-order valence-electron chi connectivity index (χ1n) is 8.36. The number of nitrogens with two attached hydrogens (primary N) is 1. The summed E-state index contributed by atoms with van der Waals surface area (Å²) >= 11 is 0. The van der Waals surface area contributed by atoms with E-state index >= 15 is 0 Å². The third-order valence-electron chi connectivity index (χ3n) is 3.99. The van der Waals surface area contributed by atoms with Crippen LogP contribution in [0.1, 0.15) is 12.8 Å². The van der Waals surface area contributed by atoms with E-state index in [0.717, 1.165) is 5.75 Å². The van der Waals surface area contributed by atoms with Crippen LogP contribution in [0, 0.1) is 0 Å². The zero-order valence-electron chi connectivity index (χ0n) is 14.2. The van der Waals surface area contributed by atoms with Crippen LogP contribution >= 0.6 is 0 Å². The fourth-order valence-corrected chi connectivity index (χ4v) is 2.69. The summed E-state index contributed by atoms with van der Waals surface area (Å²) in [5.41, 5.74) is 5.00. The zero-order chi connectivity index (χ0) is 18.4. The minimum Gasteiger partial charge on any atom is -0.457 e. The van der Waals surface area contributed by atoms with Crippen molar-refractivity contribution >= 4 is 12.2 Å². The fraction of sp³-hybridized carbons (Fsp3) is 0.263. The highest BCUT2D eigenvalue weighted by molar-refractivity contribution is 5.71. The van der Waals surface area contributed by atoms with Gasteiger partial charge in [0.2, 0.25) is 0 Å². The number of piperidine rings is 1. The van der Waals surface area contributed by atoms with Gasteiger partial charge in [-0.05, 0) is 36.4 Å². The maximum atomic E-state index is 12.2. The number of para-hydroxylation sites is 1. The maximum absolute atomic E-state index is 12.2. The van der Waals surface area contributed by atoms with Crippen LogP contribution < -0.4 is 15.2 Å². The predicted molar refractivity (Wildman–Crippen MR) is 94.2 cm³/mol. The molecule has 7 heteroatoms. The number of rotatable bonds is 4. The number of ether oxygens (including phenoxy) is 3. The van der Waals surface area contributed by atoms with E-state index in [1.54, 1.807) is 29.2 Å². The molecule has 7 nitrogen and oxygen atoms in total.